The number of aromatic amines is 1. The van der Waals surface area contributed by atoms with Crippen molar-refractivity contribution < 1.29 is 9.18 Å². The number of amides is 1. The van der Waals surface area contributed by atoms with Gasteiger partial charge in [0.15, 0.2) is 0 Å². The Balaban J connectivity index is 1.24. The van der Waals surface area contributed by atoms with Crippen LogP contribution in [0.3, 0.4) is 0 Å². The normalized spacial score (nSPS) is 16.0. The molecule has 0 spiro atoms. The van der Waals surface area contributed by atoms with E-state index in [9.17, 15) is 9.18 Å². The molecule has 1 aliphatic rings. The molecule has 1 aliphatic carbocycles. The van der Waals surface area contributed by atoms with Crippen molar-refractivity contribution in [2.24, 2.45) is 0 Å². The lowest BCUT2D eigenvalue weighted by molar-refractivity contribution is -0.121. The average molecular weight is 351 g/mol. The van der Waals surface area contributed by atoms with Gasteiger partial charge in [0.05, 0.1) is 11.0 Å². The number of carbonyl (C=O) groups excluding carboxylic acids is 1. The van der Waals surface area contributed by atoms with Gasteiger partial charge in [-0.2, -0.15) is 0 Å². The maximum absolute atomic E-state index is 13.2. The molecule has 1 atom stereocenters. The van der Waals surface area contributed by atoms with Gasteiger partial charge in [-0.15, -0.1) is 0 Å². The smallest absolute Gasteiger partial charge is 0.220 e. The van der Waals surface area contributed by atoms with Gasteiger partial charge in [0.1, 0.15) is 11.6 Å². The minimum absolute atomic E-state index is 0.110. The highest BCUT2D eigenvalue weighted by Gasteiger charge is 2.23. The Morgan fingerprint density at radius 3 is 3.08 bits per heavy atom. The van der Waals surface area contributed by atoms with Crippen molar-refractivity contribution in [2.45, 2.75) is 38.0 Å². The van der Waals surface area contributed by atoms with Crippen LogP contribution in [0.25, 0.3) is 11.0 Å². The zero-order valence-electron chi connectivity index (χ0n) is 14.6. The van der Waals surface area contributed by atoms with Crippen molar-refractivity contribution in [1.29, 1.82) is 0 Å². The predicted octanol–water partition coefficient (Wildman–Crippen LogP) is 3.87. The van der Waals surface area contributed by atoms with Crippen LogP contribution in [0.4, 0.5) is 4.39 Å². The molecule has 0 unspecified atom stereocenters. The molecule has 0 saturated carbocycles. The van der Waals surface area contributed by atoms with Crippen LogP contribution in [0, 0.1) is 5.82 Å². The Hall–Kier alpha value is -2.69. The number of benzene rings is 2. The molecule has 4 nitrogen and oxygen atoms in total. The van der Waals surface area contributed by atoms with Gasteiger partial charge >= 0.3 is 0 Å². The summed E-state index contributed by atoms with van der Waals surface area (Å²) in [7, 11) is 0. The molecule has 1 heterocycles. The third-order valence-electron chi connectivity index (χ3n) is 5.09. The molecule has 0 saturated heterocycles. The molecule has 2 N–H and O–H groups in total. The van der Waals surface area contributed by atoms with Gasteiger partial charge in [-0.25, -0.2) is 9.37 Å². The molecule has 1 aromatic heterocycles. The quantitative estimate of drug-likeness (QED) is 0.662. The van der Waals surface area contributed by atoms with E-state index >= 15 is 0 Å². The highest BCUT2D eigenvalue weighted by molar-refractivity contribution is 5.77. The lowest BCUT2D eigenvalue weighted by atomic mass is 9.97. The van der Waals surface area contributed by atoms with Crippen molar-refractivity contribution in [1.82, 2.24) is 15.3 Å². The molecule has 3 aromatic rings. The molecule has 0 bridgehead atoms. The van der Waals surface area contributed by atoms with Crippen LogP contribution in [0.5, 0.6) is 0 Å². The van der Waals surface area contributed by atoms with Crippen LogP contribution >= 0.6 is 0 Å². The van der Waals surface area contributed by atoms with E-state index in [2.05, 4.69) is 33.5 Å². The minimum atomic E-state index is -0.270. The maximum atomic E-state index is 13.2. The standard InChI is InChI=1S/C21H22FN3O/c22-16-9-10-18-19(13-16)25-20(24-18)6-3-11-23-21(26)12-15-8-7-14-4-1-2-5-17(14)15/h1-2,4-5,9-10,13,15H,3,6-8,11-12H2,(H,23,26)(H,24,25)/t15-/m1/s1. The second kappa shape index (κ2) is 7.28. The fourth-order valence-corrected chi connectivity index (χ4v) is 3.79. The maximum Gasteiger partial charge on any atom is 0.220 e. The first-order valence-electron chi connectivity index (χ1n) is 9.18. The summed E-state index contributed by atoms with van der Waals surface area (Å²) in [6.45, 7) is 0.624. The van der Waals surface area contributed by atoms with Gasteiger partial charge in [-0.1, -0.05) is 24.3 Å². The number of hydrogen-bond donors (Lipinski definition) is 2. The lowest BCUT2D eigenvalue weighted by Gasteiger charge is -2.11. The van der Waals surface area contributed by atoms with Gasteiger partial charge in [0.2, 0.25) is 5.91 Å². The van der Waals surface area contributed by atoms with Gasteiger partial charge < -0.3 is 10.3 Å². The molecule has 5 heteroatoms. The number of fused-ring (bicyclic) bond motifs is 2. The van der Waals surface area contributed by atoms with E-state index in [1.807, 2.05) is 6.07 Å². The van der Waals surface area contributed by atoms with Gasteiger partial charge in [-0.3, -0.25) is 4.79 Å². The number of H-pyrrole nitrogens is 1. The van der Waals surface area contributed by atoms with Gasteiger partial charge in [0.25, 0.3) is 0 Å². The molecular formula is C21H22FN3O. The van der Waals surface area contributed by atoms with E-state index in [1.165, 1.54) is 23.3 Å². The molecule has 0 aliphatic heterocycles. The van der Waals surface area contributed by atoms with Crippen molar-refractivity contribution in [3.05, 3.63) is 65.2 Å². The van der Waals surface area contributed by atoms with Crippen molar-refractivity contribution >= 4 is 16.9 Å². The van der Waals surface area contributed by atoms with Crippen LogP contribution in [0.15, 0.2) is 42.5 Å². The highest BCUT2D eigenvalue weighted by Crippen LogP contribution is 2.35. The molecule has 1 amide bonds. The second-order valence-electron chi connectivity index (χ2n) is 6.94. The number of nitrogens with zero attached hydrogens (tertiary/aromatic N) is 1. The largest absolute Gasteiger partial charge is 0.356 e. The first-order chi connectivity index (χ1) is 12.7. The third-order valence-corrected chi connectivity index (χ3v) is 5.09. The average Bonchev–Trinajstić information content (AvgIpc) is 3.22. The summed E-state index contributed by atoms with van der Waals surface area (Å²) in [6, 6.07) is 13.0. The first kappa shape index (κ1) is 16.8. The highest BCUT2D eigenvalue weighted by atomic mass is 19.1. The van der Waals surface area contributed by atoms with Crippen molar-refractivity contribution in [3.63, 3.8) is 0 Å². The zero-order chi connectivity index (χ0) is 17.9. The van der Waals surface area contributed by atoms with Crippen LogP contribution in [-0.2, 0) is 17.6 Å². The summed E-state index contributed by atoms with van der Waals surface area (Å²) in [4.78, 5) is 19.8. The van der Waals surface area contributed by atoms with Crippen LogP contribution < -0.4 is 5.32 Å². The van der Waals surface area contributed by atoms with Crippen molar-refractivity contribution in [2.75, 3.05) is 6.54 Å². The fraction of sp³-hybridized carbons (Fsp3) is 0.333. The Morgan fingerprint density at radius 1 is 1.27 bits per heavy atom. The lowest BCUT2D eigenvalue weighted by Crippen LogP contribution is -2.26. The van der Waals surface area contributed by atoms with Crippen molar-refractivity contribution in [3.8, 4) is 0 Å². The monoisotopic (exact) mass is 351 g/mol. The third kappa shape index (κ3) is 3.62. The van der Waals surface area contributed by atoms with E-state index in [1.54, 1.807) is 6.07 Å². The molecular weight excluding hydrogens is 329 g/mol. The number of imidazole rings is 1. The first-order valence-corrected chi connectivity index (χ1v) is 9.18. The molecule has 2 aromatic carbocycles. The Kier molecular flexibility index (Phi) is 4.69. The second-order valence-corrected chi connectivity index (χ2v) is 6.94. The molecule has 0 radical (unpaired) electrons. The number of rotatable bonds is 6. The summed E-state index contributed by atoms with van der Waals surface area (Å²) in [5, 5.41) is 3.01. The van der Waals surface area contributed by atoms with Crippen LogP contribution in [0.1, 0.15) is 42.1 Å². The summed E-state index contributed by atoms with van der Waals surface area (Å²) < 4.78 is 13.2. The Bertz CT molecular complexity index is 934. The topological polar surface area (TPSA) is 57.8 Å². The summed E-state index contributed by atoms with van der Waals surface area (Å²) in [6.07, 6.45) is 4.21. The number of aromatic nitrogens is 2. The molecule has 134 valence electrons. The van der Waals surface area contributed by atoms with Crippen LogP contribution in [0.2, 0.25) is 0 Å². The Morgan fingerprint density at radius 2 is 2.15 bits per heavy atom. The molecule has 0 fully saturated rings. The Labute approximate surface area is 151 Å². The number of halogens is 1. The SMILES string of the molecule is O=C(C[C@H]1CCc2ccccc21)NCCCc1nc2ccc(F)cc2[nH]1. The predicted molar refractivity (Wildman–Crippen MR) is 99.5 cm³/mol. The fourth-order valence-electron chi connectivity index (χ4n) is 3.79. The summed E-state index contributed by atoms with van der Waals surface area (Å²) >= 11 is 0. The van der Waals surface area contributed by atoms with E-state index < -0.39 is 0 Å². The van der Waals surface area contributed by atoms with Crippen LogP contribution in [-0.4, -0.2) is 22.4 Å². The van der Waals surface area contributed by atoms with Gasteiger partial charge in [-0.05, 0) is 54.5 Å². The van der Waals surface area contributed by atoms with E-state index in [0.29, 0.717) is 24.4 Å². The number of carbonyl (C=O) groups is 1. The summed E-state index contributed by atoms with van der Waals surface area (Å²) in [5.74, 6) is 1.01. The number of nitrogens with one attached hydrogen (secondary N) is 2. The number of hydrogen-bond acceptors (Lipinski definition) is 2. The van der Waals surface area contributed by atoms with Gasteiger partial charge in [0, 0.05) is 19.4 Å². The number of aryl methyl sites for hydroxylation is 2. The zero-order valence-corrected chi connectivity index (χ0v) is 14.6. The molecule has 26 heavy (non-hydrogen) atoms. The molecule has 4 rings (SSSR count). The summed E-state index contributed by atoms with van der Waals surface area (Å²) in [5.41, 5.74) is 4.19. The van der Waals surface area contributed by atoms with E-state index in [0.717, 1.165) is 37.0 Å². The van der Waals surface area contributed by atoms with E-state index in [-0.39, 0.29) is 11.7 Å². The minimum Gasteiger partial charge on any atom is -0.356 e. The van der Waals surface area contributed by atoms with E-state index in [4.69, 9.17) is 0 Å².